The molecular formula is C24H18Cl2N4O4. The molecule has 0 fully saturated rings. The highest BCUT2D eigenvalue weighted by Gasteiger charge is 2.16. The highest BCUT2D eigenvalue weighted by Crippen LogP contribution is 2.24. The monoisotopic (exact) mass is 496 g/mol. The van der Waals surface area contributed by atoms with Crippen LogP contribution in [0.15, 0.2) is 65.6 Å². The van der Waals surface area contributed by atoms with Crippen LogP contribution in [-0.4, -0.2) is 28.9 Å². The van der Waals surface area contributed by atoms with E-state index in [9.17, 15) is 14.4 Å². The molecule has 4 rings (SSSR count). The minimum atomic E-state index is -0.683. The average Bonchev–Trinajstić information content (AvgIpc) is 2.83. The predicted octanol–water partition coefficient (Wildman–Crippen LogP) is 4.42. The normalized spacial score (nSPS) is 10.7. The molecule has 2 aromatic carbocycles. The van der Waals surface area contributed by atoms with Gasteiger partial charge in [-0.2, -0.15) is 0 Å². The molecule has 2 heterocycles. The van der Waals surface area contributed by atoms with Gasteiger partial charge in [0.1, 0.15) is 5.56 Å². The SMILES string of the molecule is COc1cc2[nH]c(=O)c(C(=O)Nc3cc(C(=O)NCc4cccc(Cl)c4)ccc3Cl)cc2cn1. The van der Waals surface area contributed by atoms with Crippen LogP contribution in [0.1, 0.15) is 26.3 Å². The average molecular weight is 497 g/mol. The van der Waals surface area contributed by atoms with Crippen molar-refractivity contribution in [2.24, 2.45) is 0 Å². The maximum atomic E-state index is 12.8. The summed E-state index contributed by atoms with van der Waals surface area (Å²) in [5, 5.41) is 6.71. The van der Waals surface area contributed by atoms with Gasteiger partial charge in [-0.05, 0) is 42.0 Å². The highest BCUT2D eigenvalue weighted by atomic mass is 35.5. The zero-order valence-electron chi connectivity index (χ0n) is 17.8. The number of H-pyrrole nitrogens is 1. The topological polar surface area (TPSA) is 113 Å². The Bertz CT molecular complexity index is 1470. The van der Waals surface area contributed by atoms with Gasteiger partial charge in [-0.15, -0.1) is 0 Å². The molecular weight excluding hydrogens is 479 g/mol. The number of pyridine rings is 2. The van der Waals surface area contributed by atoms with Crippen molar-refractivity contribution < 1.29 is 14.3 Å². The standard InChI is InChI=1S/C24H18Cl2N4O4/c1-34-21-10-19-15(12-27-21)8-17(23(32)29-19)24(33)30-20-9-14(5-6-18(20)26)22(31)28-11-13-3-2-4-16(25)7-13/h2-10,12H,11H2,1H3,(H,28,31)(H,29,32)(H,30,33). The molecule has 0 saturated carbocycles. The van der Waals surface area contributed by atoms with Crippen LogP contribution in [0.25, 0.3) is 10.9 Å². The summed E-state index contributed by atoms with van der Waals surface area (Å²) in [4.78, 5) is 44.6. The van der Waals surface area contributed by atoms with Gasteiger partial charge in [-0.1, -0.05) is 35.3 Å². The van der Waals surface area contributed by atoms with Gasteiger partial charge < -0.3 is 20.4 Å². The number of hydrogen-bond acceptors (Lipinski definition) is 5. The number of aromatic amines is 1. The van der Waals surface area contributed by atoms with Crippen molar-refractivity contribution in [2.75, 3.05) is 12.4 Å². The van der Waals surface area contributed by atoms with Crippen LogP contribution in [0.2, 0.25) is 10.0 Å². The van der Waals surface area contributed by atoms with Gasteiger partial charge >= 0.3 is 0 Å². The van der Waals surface area contributed by atoms with Gasteiger partial charge in [0.15, 0.2) is 0 Å². The first-order valence-electron chi connectivity index (χ1n) is 10.0. The lowest BCUT2D eigenvalue weighted by Gasteiger charge is -2.11. The summed E-state index contributed by atoms with van der Waals surface area (Å²) in [5.74, 6) is -0.717. The molecule has 0 atom stereocenters. The van der Waals surface area contributed by atoms with E-state index in [1.54, 1.807) is 24.3 Å². The van der Waals surface area contributed by atoms with E-state index in [1.807, 2.05) is 6.07 Å². The molecule has 0 aliphatic carbocycles. The van der Waals surface area contributed by atoms with Gasteiger partial charge in [-0.25, -0.2) is 4.98 Å². The molecule has 172 valence electrons. The lowest BCUT2D eigenvalue weighted by molar-refractivity contribution is 0.0949. The van der Waals surface area contributed by atoms with Crippen LogP contribution < -0.4 is 20.9 Å². The summed E-state index contributed by atoms with van der Waals surface area (Å²) in [6, 6.07) is 14.6. The number of fused-ring (bicyclic) bond motifs is 1. The summed E-state index contributed by atoms with van der Waals surface area (Å²) in [6.07, 6.45) is 1.48. The van der Waals surface area contributed by atoms with Crippen molar-refractivity contribution in [1.82, 2.24) is 15.3 Å². The molecule has 8 nitrogen and oxygen atoms in total. The van der Waals surface area contributed by atoms with E-state index in [4.69, 9.17) is 27.9 Å². The summed E-state index contributed by atoms with van der Waals surface area (Å²) in [5.41, 5.74) is 1.06. The second kappa shape index (κ2) is 9.94. The van der Waals surface area contributed by atoms with Crippen LogP contribution in [-0.2, 0) is 6.54 Å². The van der Waals surface area contributed by atoms with Crippen molar-refractivity contribution in [3.05, 3.63) is 97.9 Å². The number of carbonyl (C=O) groups is 2. The lowest BCUT2D eigenvalue weighted by Crippen LogP contribution is -2.24. The fraction of sp³-hybridized carbons (Fsp3) is 0.0833. The number of carbonyl (C=O) groups excluding carboxylic acids is 2. The Kier molecular flexibility index (Phi) is 6.81. The number of hydrogen-bond donors (Lipinski definition) is 3. The van der Waals surface area contributed by atoms with E-state index < -0.39 is 11.5 Å². The molecule has 0 radical (unpaired) electrons. The molecule has 0 unspecified atom stereocenters. The number of aromatic nitrogens is 2. The fourth-order valence-corrected chi connectivity index (χ4v) is 3.62. The van der Waals surface area contributed by atoms with E-state index in [-0.39, 0.29) is 34.3 Å². The van der Waals surface area contributed by atoms with Crippen LogP contribution >= 0.6 is 23.2 Å². The van der Waals surface area contributed by atoms with Gasteiger partial charge in [0, 0.05) is 34.8 Å². The Morgan fingerprint density at radius 1 is 1.06 bits per heavy atom. The molecule has 0 bridgehead atoms. The van der Waals surface area contributed by atoms with Gasteiger partial charge in [0.05, 0.1) is 23.3 Å². The second-order valence-electron chi connectivity index (χ2n) is 7.29. The maximum absolute atomic E-state index is 12.8. The third-order valence-corrected chi connectivity index (χ3v) is 5.54. The first-order valence-corrected chi connectivity index (χ1v) is 10.8. The van der Waals surface area contributed by atoms with Crippen molar-refractivity contribution >= 4 is 51.6 Å². The number of amides is 2. The largest absolute Gasteiger partial charge is 0.481 e. The zero-order valence-corrected chi connectivity index (χ0v) is 19.3. The number of nitrogens with zero attached hydrogens (tertiary/aromatic N) is 1. The number of rotatable bonds is 6. The van der Waals surface area contributed by atoms with E-state index in [2.05, 4.69) is 20.6 Å². The molecule has 0 aliphatic rings. The zero-order chi connectivity index (χ0) is 24.2. The smallest absolute Gasteiger partial charge is 0.261 e. The third kappa shape index (κ3) is 5.19. The number of halogens is 2. The highest BCUT2D eigenvalue weighted by molar-refractivity contribution is 6.34. The summed E-state index contributed by atoms with van der Waals surface area (Å²) >= 11 is 12.2. The molecule has 0 spiro atoms. The van der Waals surface area contributed by atoms with Gasteiger partial charge in [0.25, 0.3) is 17.4 Å². The van der Waals surface area contributed by atoms with Crippen molar-refractivity contribution in [2.45, 2.75) is 6.54 Å². The summed E-state index contributed by atoms with van der Waals surface area (Å²) in [6.45, 7) is 0.273. The predicted molar refractivity (Wildman–Crippen MR) is 131 cm³/mol. The molecule has 10 heteroatoms. The molecule has 0 saturated heterocycles. The molecule has 0 aliphatic heterocycles. The second-order valence-corrected chi connectivity index (χ2v) is 8.13. The third-order valence-electron chi connectivity index (χ3n) is 4.97. The van der Waals surface area contributed by atoms with Crippen LogP contribution in [0, 0.1) is 0 Å². The summed E-state index contributed by atoms with van der Waals surface area (Å²) < 4.78 is 5.04. The first kappa shape index (κ1) is 23.3. The van der Waals surface area contributed by atoms with Gasteiger partial charge in [0.2, 0.25) is 5.88 Å². The van der Waals surface area contributed by atoms with E-state index >= 15 is 0 Å². The van der Waals surface area contributed by atoms with Crippen LogP contribution in [0.3, 0.4) is 0 Å². The maximum Gasteiger partial charge on any atom is 0.261 e. The Balaban J connectivity index is 1.53. The Morgan fingerprint density at radius 3 is 2.65 bits per heavy atom. The number of nitrogens with one attached hydrogen (secondary N) is 3. The van der Waals surface area contributed by atoms with E-state index in [1.165, 1.54) is 37.6 Å². The van der Waals surface area contributed by atoms with Crippen molar-refractivity contribution in [3.63, 3.8) is 0 Å². The minimum Gasteiger partial charge on any atom is -0.481 e. The van der Waals surface area contributed by atoms with Crippen molar-refractivity contribution in [1.29, 1.82) is 0 Å². The van der Waals surface area contributed by atoms with E-state index in [0.29, 0.717) is 21.8 Å². The number of benzene rings is 2. The summed E-state index contributed by atoms with van der Waals surface area (Å²) in [7, 11) is 1.46. The molecule has 34 heavy (non-hydrogen) atoms. The minimum absolute atomic E-state index is 0.133. The molecule has 3 N–H and O–H groups in total. The van der Waals surface area contributed by atoms with Gasteiger partial charge in [-0.3, -0.25) is 14.4 Å². The number of methoxy groups -OCH3 is 1. The Morgan fingerprint density at radius 2 is 1.88 bits per heavy atom. The fourth-order valence-electron chi connectivity index (χ4n) is 3.24. The lowest BCUT2D eigenvalue weighted by atomic mass is 10.1. The quantitative estimate of drug-likeness (QED) is 0.365. The van der Waals surface area contributed by atoms with E-state index in [0.717, 1.165) is 5.56 Å². The number of ether oxygens (including phenoxy) is 1. The molecule has 2 amide bonds. The molecule has 4 aromatic rings. The Labute approximate surface area is 203 Å². The van der Waals surface area contributed by atoms with Crippen molar-refractivity contribution in [3.8, 4) is 5.88 Å². The van der Waals surface area contributed by atoms with Crippen LogP contribution in [0.4, 0.5) is 5.69 Å². The first-order chi connectivity index (χ1) is 16.3. The number of anilines is 1. The van der Waals surface area contributed by atoms with Crippen LogP contribution in [0.5, 0.6) is 5.88 Å². The Hall–Kier alpha value is -3.88. The molecule has 2 aromatic heterocycles.